The van der Waals surface area contributed by atoms with Crippen LogP contribution in [0, 0.1) is 0 Å². The largest absolute Gasteiger partial charge is 0.260 e. The van der Waals surface area contributed by atoms with Gasteiger partial charge in [-0.25, -0.2) is 0 Å². The molecule has 0 spiro atoms. The molecule has 1 fully saturated rings. The number of halogens is 2. The van der Waals surface area contributed by atoms with Crippen LogP contribution in [0.5, 0.6) is 0 Å². The Labute approximate surface area is 130 Å². The molecule has 0 radical (unpaired) electrons. The molecule has 0 N–H and O–H groups in total. The summed E-state index contributed by atoms with van der Waals surface area (Å²) in [5.41, 5.74) is 2.20. The summed E-state index contributed by atoms with van der Waals surface area (Å²) in [5.74, 6) is 0. The minimum atomic E-state index is -0.0768. The molecule has 2 aromatic rings. The number of alkyl halides is 2. The third kappa shape index (κ3) is 2.41. The van der Waals surface area contributed by atoms with Crippen LogP contribution in [-0.2, 0) is 5.41 Å². The first kappa shape index (κ1) is 13.1. The van der Waals surface area contributed by atoms with Gasteiger partial charge >= 0.3 is 0 Å². The van der Waals surface area contributed by atoms with Crippen LogP contribution in [0.1, 0.15) is 12.0 Å². The van der Waals surface area contributed by atoms with Gasteiger partial charge in [0.1, 0.15) is 0 Å². The molecule has 1 unspecified atom stereocenters. The van der Waals surface area contributed by atoms with E-state index in [0.29, 0.717) is 0 Å². The van der Waals surface area contributed by atoms with E-state index in [1.807, 2.05) is 36.4 Å². The molecule has 0 bridgehead atoms. The zero-order valence-corrected chi connectivity index (χ0v) is 13.4. The predicted octanol–water partition coefficient (Wildman–Crippen LogP) is 5.22. The van der Waals surface area contributed by atoms with Crippen molar-refractivity contribution in [1.82, 2.24) is 0 Å². The van der Waals surface area contributed by atoms with E-state index in [1.54, 1.807) is 0 Å². The van der Waals surface area contributed by atoms with E-state index in [2.05, 4.69) is 67.3 Å². The molecule has 96 valence electrons. The summed E-state index contributed by atoms with van der Waals surface area (Å²) < 4.78 is -0.0768. The van der Waals surface area contributed by atoms with Crippen molar-refractivity contribution in [2.75, 3.05) is 0 Å². The van der Waals surface area contributed by atoms with E-state index in [0.717, 1.165) is 12.1 Å². The molecule has 1 saturated carbocycles. The summed E-state index contributed by atoms with van der Waals surface area (Å²) >= 11 is 7.49. The summed E-state index contributed by atoms with van der Waals surface area (Å²) in [4.78, 5) is 4.63. The average Bonchev–Trinajstić information content (AvgIpc) is 3.02. The number of benzene rings is 2. The summed E-state index contributed by atoms with van der Waals surface area (Å²) in [6.45, 7) is 0. The van der Waals surface area contributed by atoms with Gasteiger partial charge in [0.05, 0.1) is 14.3 Å². The fourth-order valence-corrected chi connectivity index (χ4v) is 3.82. The third-order valence-electron chi connectivity index (χ3n) is 3.51. The number of para-hydroxylation sites is 1. The minimum absolute atomic E-state index is 0.0654. The molecule has 2 aromatic carbocycles. The van der Waals surface area contributed by atoms with Crippen LogP contribution in [0.2, 0.25) is 0 Å². The molecule has 3 heteroatoms. The van der Waals surface area contributed by atoms with Crippen LogP contribution in [0.3, 0.4) is 0 Å². The molecular weight excluding hydrogens is 366 g/mol. The molecule has 0 aromatic heterocycles. The lowest BCUT2D eigenvalue weighted by Gasteiger charge is -2.13. The zero-order chi connectivity index (χ0) is 13.3. The van der Waals surface area contributed by atoms with Gasteiger partial charge in [0.15, 0.2) is 0 Å². The van der Waals surface area contributed by atoms with Crippen LogP contribution in [-0.4, -0.2) is 9.45 Å². The van der Waals surface area contributed by atoms with Gasteiger partial charge in [-0.15, -0.1) is 0 Å². The summed E-state index contributed by atoms with van der Waals surface area (Å²) in [7, 11) is 0. The van der Waals surface area contributed by atoms with Gasteiger partial charge in [-0.3, -0.25) is 4.99 Å². The van der Waals surface area contributed by atoms with E-state index in [9.17, 15) is 0 Å². The van der Waals surface area contributed by atoms with E-state index in [-0.39, 0.29) is 8.65 Å². The van der Waals surface area contributed by atoms with E-state index in [4.69, 9.17) is 0 Å². The molecule has 1 aliphatic rings. The van der Waals surface area contributed by atoms with Gasteiger partial charge in [-0.1, -0.05) is 80.4 Å². The van der Waals surface area contributed by atoms with Gasteiger partial charge in [-0.05, 0) is 24.1 Å². The summed E-state index contributed by atoms with van der Waals surface area (Å²) in [6.07, 6.45) is 3.06. The van der Waals surface area contributed by atoms with Crippen LogP contribution >= 0.6 is 31.9 Å². The second kappa shape index (κ2) is 4.88. The Morgan fingerprint density at radius 2 is 1.42 bits per heavy atom. The van der Waals surface area contributed by atoms with E-state index < -0.39 is 0 Å². The molecule has 3 rings (SSSR count). The van der Waals surface area contributed by atoms with Crippen molar-refractivity contribution in [2.45, 2.75) is 15.1 Å². The molecule has 1 atom stereocenters. The Morgan fingerprint density at radius 1 is 0.895 bits per heavy atom. The average molecular weight is 379 g/mol. The highest BCUT2D eigenvalue weighted by atomic mass is 79.9. The Bertz CT molecular complexity index is 593. The number of hydrogen-bond acceptors (Lipinski definition) is 1. The van der Waals surface area contributed by atoms with E-state index in [1.165, 1.54) is 5.56 Å². The SMILES string of the molecule is BrC1(Br)CC1(C=Nc1ccccc1)c1ccccc1. The van der Waals surface area contributed by atoms with Gasteiger partial charge in [0.25, 0.3) is 0 Å². The fourth-order valence-electron chi connectivity index (χ4n) is 2.27. The van der Waals surface area contributed by atoms with Crippen molar-refractivity contribution in [1.29, 1.82) is 0 Å². The molecule has 0 aliphatic heterocycles. The van der Waals surface area contributed by atoms with Crippen LogP contribution in [0.4, 0.5) is 5.69 Å². The Hall–Kier alpha value is -0.930. The maximum absolute atomic E-state index is 4.63. The summed E-state index contributed by atoms with van der Waals surface area (Å²) in [6, 6.07) is 20.5. The molecular formula is C16H13Br2N. The van der Waals surface area contributed by atoms with Crippen molar-refractivity contribution in [3.8, 4) is 0 Å². The minimum Gasteiger partial charge on any atom is -0.260 e. The Balaban J connectivity index is 1.94. The van der Waals surface area contributed by atoms with Crippen LogP contribution in [0.15, 0.2) is 65.7 Å². The highest BCUT2D eigenvalue weighted by Crippen LogP contribution is 2.66. The van der Waals surface area contributed by atoms with Gasteiger partial charge < -0.3 is 0 Å². The second-order valence-corrected chi connectivity index (χ2v) is 8.58. The van der Waals surface area contributed by atoms with Crippen molar-refractivity contribution < 1.29 is 0 Å². The molecule has 0 heterocycles. The Kier molecular flexibility index (Phi) is 3.35. The summed E-state index contributed by atoms with van der Waals surface area (Å²) in [5, 5.41) is 0. The third-order valence-corrected chi connectivity index (χ3v) is 5.48. The predicted molar refractivity (Wildman–Crippen MR) is 87.9 cm³/mol. The van der Waals surface area contributed by atoms with Gasteiger partial charge in [0.2, 0.25) is 0 Å². The number of hydrogen-bond donors (Lipinski definition) is 0. The number of aliphatic imine (C=N–C) groups is 1. The maximum atomic E-state index is 4.63. The van der Waals surface area contributed by atoms with Crippen molar-refractivity contribution >= 4 is 43.8 Å². The maximum Gasteiger partial charge on any atom is 0.0964 e. The Morgan fingerprint density at radius 3 is 1.95 bits per heavy atom. The first-order valence-corrected chi connectivity index (χ1v) is 7.76. The van der Waals surface area contributed by atoms with E-state index >= 15 is 0 Å². The fraction of sp³-hybridized carbons (Fsp3) is 0.188. The van der Waals surface area contributed by atoms with Gasteiger partial charge in [-0.2, -0.15) is 0 Å². The standard InChI is InChI=1S/C16H13Br2N/c17-16(18)11-15(16,13-7-3-1-4-8-13)12-19-14-9-5-2-6-10-14/h1-10,12H,11H2. The molecule has 1 nitrogen and oxygen atoms in total. The quantitative estimate of drug-likeness (QED) is 0.513. The zero-order valence-electron chi connectivity index (χ0n) is 10.3. The lowest BCUT2D eigenvalue weighted by molar-refractivity contribution is 0.970. The van der Waals surface area contributed by atoms with Gasteiger partial charge in [0, 0.05) is 6.21 Å². The second-order valence-electron chi connectivity index (χ2n) is 4.81. The molecule has 0 amide bonds. The van der Waals surface area contributed by atoms with Crippen molar-refractivity contribution in [2.24, 2.45) is 4.99 Å². The monoisotopic (exact) mass is 377 g/mol. The molecule has 1 aliphatic carbocycles. The lowest BCUT2D eigenvalue weighted by Crippen LogP contribution is -2.15. The highest BCUT2D eigenvalue weighted by molar-refractivity contribution is 9.25. The first-order chi connectivity index (χ1) is 9.14. The molecule has 0 saturated heterocycles. The highest BCUT2D eigenvalue weighted by Gasteiger charge is 2.65. The smallest absolute Gasteiger partial charge is 0.0964 e. The molecule has 19 heavy (non-hydrogen) atoms. The number of rotatable bonds is 3. The van der Waals surface area contributed by atoms with Crippen molar-refractivity contribution in [3.63, 3.8) is 0 Å². The first-order valence-electron chi connectivity index (χ1n) is 6.18. The lowest BCUT2D eigenvalue weighted by atomic mass is 9.97. The normalized spacial score (nSPS) is 24.5. The number of nitrogens with zero attached hydrogens (tertiary/aromatic N) is 1. The van der Waals surface area contributed by atoms with Crippen molar-refractivity contribution in [3.05, 3.63) is 66.2 Å². The van der Waals surface area contributed by atoms with Crippen LogP contribution < -0.4 is 0 Å². The van der Waals surface area contributed by atoms with Crippen LogP contribution in [0.25, 0.3) is 0 Å². The topological polar surface area (TPSA) is 12.4 Å².